The molecule has 5 nitrogen and oxygen atoms in total. The zero-order valence-corrected chi connectivity index (χ0v) is 11.2. The van der Waals surface area contributed by atoms with Crippen molar-refractivity contribution in [3.63, 3.8) is 0 Å². The number of anilines is 1. The molecule has 1 aliphatic heterocycles. The molecule has 2 heterocycles. The zero-order valence-electron chi connectivity index (χ0n) is 10.4. The third kappa shape index (κ3) is 2.78. The first-order valence-corrected chi connectivity index (χ1v) is 8.00. The average molecular weight is 277 g/mol. The van der Waals surface area contributed by atoms with E-state index in [9.17, 15) is 8.42 Å². The van der Waals surface area contributed by atoms with Gasteiger partial charge in [-0.3, -0.25) is 0 Å². The molecular formula is C13H15N3O2S. The van der Waals surface area contributed by atoms with Crippen LogP contribution in [0.25, 0.3) is 5.69 Å². The molecule has 6 heteroatoms. The van der Waals surface area contributed by atoms with Crippen LogP contribution in [0.4, 0.5) is 5.69 Å². The molecule has 1 atom stereocenters. The van der Waals surface area contributed by atoms with Gasteiger partial charge in [0.05, 0.1) is 17.8 Å². The molecule has 0 saturated carbocycles. The van der Waals surface area contributed by atoms with Gasteiger partial charge in [-0.05, 0) is 24.6 Å². The maximum Gasteiger partial charge on any atom is 0.152 e. The van der Waals surface area contributed by atoms with Gasteiger partial charge in [-0.25, -0.2) is 13.4 Å². The Morgan fingerprint density at radius 3 is 2.95 bits per heavy atom. The second kappa shape index (κ2) is 4.70. The van der Waals surface area contributed by atoms with Gasteiger partial charge < -0.3 is 9.88 Å². The monoisotopic (exact) mass is 277 g/mol. The van der Waals surface area contributed by atoms with Gasteiger partial charge >= 0.3 is 0 Å². The van der Waals surface area contributed by atoms with Gasteiger partial charge in [-0.15, -0.1) is 0 Å². The molecule has 1 aromatic heterocycles. The number of hydrogen-bond acceptors (Lipinski definition) is 4. The van der Waals surface area contributed by atoms with Crippen LogP contribution in [0.1, 0.15) is 6.42 Å². The number of nitrogens with zero attached hydrogens (tertiary/aromatic N) is 2. The second-order valence-electron chi connectivity index (χ2n) is 4.76. The van der Waals surface area contributed by atoms with E-state index in [1.807, 2.05) is 35.0 Å². The van der Waals surface area contributed by atoms with Crippen LogP contribution >= 0.6 is 0 Å². The highest BCUT2D eigenvalue weighted by atomic mass is 32.2. The smallest absolute Gasteiger partial charge is 0.152 e. The van der Waals surface area contributed by atoms with E-state index in [4.69, 9.17) is 0 Å². The van der Waals surface area contributed by atoms with E-state index < -0.39 is 9.84 Å². The topological polar surface area (TPSA) is 64.0 Å². The van der Waals surface area contributed by atoms with Crippen molar-refractivity contribution in [1.29, 1.82) is 0 Å². The summed E-state index contributed by atoms with van der Waals surface area (Å²) < 4.78 is 24.8. The molecule has 0 spiro atoms. The number of sulfone groups is 1. The minimum atomic E-state index is -2.85. The van der Waals surface area contributed by atoms with Crippen molar-refractivity contribution in [3.8, 4) is 5.69 Å². The number of rotatable bonds is 3. The van der Waals surface area contributed by atoms with Crippen LogP contribution in [0.5, 0.6) is 0 Å². The third-order valence-electron chi connectivity index (χ3n) is 3.25. The fourth-order valence-corrected chi connectivity index (χ4v) is 3.99. The number of aromatic nitrogens is 2. The van der Waals surface area contributed by atoms with Crippen LogP contribution < -0.4 is 5.32 Å². The summed E-state index contributed by atoms with van der Waals surface area (Å²) in [5.74, 6) is 0.508. The first kappa shape index (κ1) is 12.2. The summed E-state index contributed by atoms with van der Waals surface area (Å²) in [6, 6.07) is 7.89. The number of imidazole rings is 1. The van der Waals surface area contributed by atoms with Gasteiger partial charge in [0.2, 0.25) is 0 Å². The molecule has 1 fully saturated rings. The van der Waals surface area contributed by atoms with Gasteiger partial charge in [0.1, 0.15) is 0 Å². The third-order valence-corrected chi connectivity index (χ3v) is 5.02. The van der Waals surface area contributed by atoms with Crippen molar-refractivity contribution in [3.05, 3.63) is 43.0 Å². The molecule has 3 rings (SSSR count). The molecule has 100 valence electrons. The lowest BCUT2D eigenvalue weighted by molar-refractivity contribution is 0.602. The van der Waals surface area contributed by atoms with Crippen molar-refractivity contribution in [2.75, 3.05) is 16.8 Å². The Morgan fingerprint density at radius 2 is 2.26 bits per heavy atom. The predicted molar refractivity (Wildman–Crippen MR) is 74.2 cm³/mol. The fraction of sp³-hybridized carbons (Fsp3) is 0.308. The molecule has 1 N–H and O–H groups in total. The van der Waals surface area contributed by atoms with Crippen LogP contribution in [0.3, 0.4) is 0 Å². The van der Waals surface area contributed by atoms with Gasteiger partial charge in [-0.2, -0.15) is 0 Å². The summed E-state index contributed by atoms with van der Waals surface area (Å²) in [5.41, 5.74) is 1.94. The van der Waals surface area contributed by atoms with Crippen molar-refractivity contribution < 1.29 is 8.42 Å². The highest BCUT2D eigenvalue weighted by molar-refractivity contribution is 7.91. The average Bonchev–Trinajstić information content (AvgIpc) is 2.99. The van der Waals surface area contributed by atoms with E-state index in [0.29, 0.717) is 6.42 Å². The van der Waals surface area contributed by atoms with E-state index in [0.717, 1.165) is 11.4 Å². The molecule has 19 heavy (non-hydrogen) atoms. The minimum Gasteiger partial charge on any atom is -0.381 e. The molecule has 1 saturated heterocycles. The maximum atomic E-state index is 11.4. The Morgan fingerprint density at radius 1 is 1.37 bits per heavy atom. The largest absolute Gasteiger partial charge is 0.381 e. The molecule has 1 unspecified atom stereocenters. The van der Waals surface area contributed by atoms with E-state index in [2.05, 4.69) is 10.3 Å². The SMILES string of the molecule is O=S1(=O)CCC(Nc2cccc(-n3ccnc3)c2)C1. The Kier molecular flexibility index (Phi) is 3.02. The normalized spacial score (nSPS) is 21.4. The van der Waals surface area contributed by atoms with E-state index in [1.54, 1.807) is 12.5 Å². The summed E-state index contributed by atoms with van der Waals surface area (Å²) in [6.07, 6.45) is 6.01. The maximum absolute atomic E-state index is 11.4. The van der Waals surface area contributed by atoms with Gasteiger partial charge in [0.15, 0.2) is 9.84 Å². The van der Waals surface area contributed by atoms with Gasteiger partial charge in [0, 0.05) is 29.8 Å². The molecule has 1 aliphatic rings. The highest BCUT2D eigenvalue weighted by Gasteiger charge is 2.27. The summed E-state index contributed by atoms with van der Waals surface area (Å²) >= 11 is 0. The molecule has 2 aromatic rings. The standard InChI is InChI=1S/C13H15N3O2S/c17-19(18)7-4-12(9-19)15-11-2-1-3-13(8-11)16-6-5-14-10-16/h1-3,5-6,8,10,12,15H,4,7,9H2. The lowest BCUT2D eigenvalue weighted by Gasteiger charge is -2.13. The van der Waals surface area contributed by atoms with Gasteiger partial charge in [0.25, 0.3) is 0 Å². The molecule has 0 radical (unpaired) electrons. The van der Waals surface area contributed by atoms with Crippen molar-refractivity contribution in [2.45, 2.75) is 12.5 Å². The predicted octanol–water partition coefficient (Wildman–Crippen LogP) is 1.47. The van der Waals surface area contributed by atoms with Crippen LogP contribution in [0.2, 0.25) is 0 Å². The first-order valence-electron chi connectivity index (χ1n) is 6.18. The Bertz CT molecular complexity index is 665. The van der Waals surface area contributed by atoms with Crippen molar-refractivity contribution >= 4 is 15.5 Å². The number of nitrogens with one attached hydrogen (secondary N) is 1. The van der Waals surface area contributed by atoms with E-state index >= 15 is 0 Å². The van der Waals surface area contributed by atoms with Crippen molar-refractivity contribution in [2.24, 2.45) is 0 Å². The highest BCUT2D eigenvalue weighted by Crippen LogP contribution is 2.19. The Hall–Kier alpha value is -1.82. The van der Waals surface area contributed by atoms with Crippen LogP contribution in [-0.2, 0) is 9.84 Å². The number of hydrogen-bond donors (Lipinski definition) is 1. The lowest BCUT2D eigenvalue weighted by Crippen LogP contribution is -2.20. The van der Waals surface area contributed by atoms with Crippen LogP contribution in [0.15, 0.2) is 43.0 Å². The second-order valence-corrected chi connectivity index (χ2v) is 6.99. The molecule has 0 bridgehead atoms. The van der Waals surface area contributed by atoms with Crippen LogP contribution in [-0.4, -0.2) is 35.5 Å². The molecule has 0 amide bonds. The van der Waals surface area contributed by atoms with E-state index in [1.165, 1.54) is 0 Å². The summed E-state index contributed by atoms with van der Waals surface area (Å²) in [5, 5.41) is 3.29. The quantitative estimate of drug-likeness (QED) is 0.923. The summed E-state index contributed by atoms with van der Waals surface area (Å²) in [6.45, 7) is 0. The minimum absolute atomic E-state index is 0.0167. The lowest BCUT2D eigenvalue weighted by atomic mass is 10.2. The zero-order chi connectivity index (χ0) is 13.3. The summed E-state index contributed by atoms with van der Waals surface area (Å²) in [7, 11) is -2.85. The van der Waals surface area contributed by atoms with Gasteiger partial charge in [-0.1, -0.05) is 6.07 Å². The molecule has 1 aromatic carbocycles. The number of benzene rings is 1. The molecular weight excluding hydrogens is 262 g/mol. The Labute approximate surface area is 112 Å². The summed E-state index contributed by atoms with van der Waals surface area (Å²) in [4.78, 5) is 4.01. The molecule has 0 aliphatic carbocycles. The van der Waals surface area contributed by atoms with Crippen LogP contribution in [0, 0.1) is 0 Å². The fourth-order valence-electron chi connectivity index (χ4n) is 2.31. The Balaban J connectivity index is 1.77. The first-order chi connectivity index (χ1) is 9.12. The van der Waals surface area contributed by atoms with E-state index in [-0.39, 0.29) is 17.5 Å². The van der Waals surface area contributed by atoms with Crippen molar-refractivity contribution in [1.82, 2.24) is 9.55 Å².